The van der Waals surface area contributed by atoms with Gasteiger partial charge in [-0.25, -0.2) is 0 Å². The highest BCUT2D eigenvalue weighted by molar-refractivity contribution is 5.78. The molecule has 3 atom stereocenters. The van der Waals surface area contributed by atoms with Crippen LogP contribution in [0.5, 0.6) is 5.75 Å². The third-order valence-corrected chi connectivity index (χ3v) is 6.19. The molecule has 1 fully saturated rings. The molecule has 3 N–H and O–H groups in total. The van der Waals surface area contributed by atoms with Gasteiger partial charge in [0.2, 0.25) is 5.91 Å². The number of aliphatic hydroxyl groups is 1. The van der Waals surface area contributed by atoms with Crippen molar-refractivity contribution in [1.29, 1.82) is 0 Å². The summed E-state index contributed by atoms with van der Waals surface area (Å²) in [6, 6.07) is 4.95. The summed E-state index contributed by atoms with van der Waals surface area (Å²) < 4.78 is 43.4. The molecule has 1 aromatic rings. The number of carbonyl (C=O) groups excluding carboxylic acids is 2. The third-order valence-electron chi connectivity index (χ3n) is 6.19. The van der Waals surface area contributed by atoms with Crippen molar-refractivity contribution in [3.8, 4) is 5.75 Å². The Kier molecular flexibility index (Phi) is 10.8. The molecule has 1 aliphatic rings. The van der Waals surface area contributed by atoms with E-state index in [1.807, 2.05) is 26.0 Å². The van der Waals surface area contributed by atoms with E-state index in [2.05, 4.69) is 23.8 Å². The van der Waals surface area contributed by atoms with Gasteiger partial charge in [0.25, 0.3) is 5.91 Å². The number of allylic oxidation sites excluding steroid dienone is 2. The monoisotopic (exact) mass is 508 g/mol. The van der Waals surface area contributed by atoms with Crippen LogP contribution in [0, 0.1) is 19.8 Å². The van der Waals surface area contributed by atoms with E-state index >= 15 is 0 Å². The van der Waals surface area contributed by atoms with Crippen LogP contribution in [0.1, 0.15) is 43.2 Å². The van der Waals surface area contributed by atoms with Gasteiger partial charge in [-0.3, -0.25) is 9.59 Å². The van der Waals surface area contributed by atoms with Crippen LogP contribution in [0.2, 0.25) is 0 Å². The van der Waals surface area contributed by atoms with Crippen LogP contribution in [0.4, 0.5) is 13.2 Å². The normalized spacial score (nSPS) is 18.9. The van der Waals surface area contributed by atoms with E-state index in [1.165, 1.54) is 6.08 Å². The molecule has 9 heteroatoms. The average Bonchev–Trinajstić information content (AvgIpc) is 2.78. The highest BCUT2D eigenvalue weighted by Gasteiger charge is 2.28. The molecule has 0 aliphatic heterocycles. The van der Waals surface area contributed by atoms with E-state index in [0.29, 0.717) is 30.2 Å². The van der Waals surface area contributed by atoms with Crippen LogP contribution >= 0.6 is 0 Å². The minimum Gasteiger partial charge on any atom is -0.484 e. The molecule has 1 aromatic carbocycles. The van der Waals surface area contributed by atoms with Gasteiger partial charge in [-0.15, -0.1) is 6.58 Å². The van der Waals surface area contributed by atoms with Gasteiger partial charge in [-0.1, -0.05) is 29.9 Å². The summed E-state index contributed by atoms with van der Waals surface area (Å²) in [4.78, 5) is 24.5. The number of nitrogens with one attached hydrogen (secondary N) is 2. The molecule has 0 aromatic heterocycles. The third kappa shape index (κ3) is 10.3. The quantitative estimate of drug-likeness (QED) is 0.386. The molecule has 0 radical (unpaired) electrons. The number of ether oxygens (including phenoxy) is 1. The second kappa shape index (κ2) is 13.3. The highest BCUT2D eigenvalue weighted by Crippen LogP contribution is 2.34. The zero-order valence-corrected chi connectivity index (χ0v) is 20.8. The molecule has 36 heavy (non-hydrogen) atoms. The Morgan fingerprint density at radius 2 is 1.94 bits per heavy atom. The molecule has 2 rings (SSSR count). The fraction of sp³-hybridized carbons (Fsp3) is 0.481. The van der Waals surface area contributed by atoms with E-state index in [1.54, 1.807) is 6.07 Å². The van der Waals surface area contributed by atoms with Gasteiger partial charge in [0.05, 0.1) is 12.5 Å². The van der Waals surface area contributed by atoms with Gasteiger partial charge in [0, 0.05) is 24.6 Å². The van der Waals surface area contributed by atoms with Crippen molar-refractivity contribution in [2.75, 3.05) is 13.2 Å². The minimum atomic E-state index is -4.37. The number of halogens is 3. The number of benzene rings is 1. The number of hydrogen-bond acceptors (Lipinski definition) is 4. The lowest BCUT2D eigenvalue weighted by Gasteiger charge is -2.27. The van der Waals surface area contributed by atoms with Crippen molar-refractivity contribution >= 4 is 11.8 Å². The van der Waals surface area contributed by atoms with Crippen molar-refractivity contribution in [3.05, 3.63) is 65.8 Å². The first kappa shape index (κ1) is 29.2. The van der Waals surface area contributed by atoms with Gasteiger partial charge in [0.15, 0.2) is 6.61 Å². The topological polar surface area (TPSA) is 87.7 Å². The molecular weight excluding hydrogens is 473 g/mol. The predicted molar refractivity (Wildman–Crippen MR) is 132 cm³/mol. The molecule has 0 heterocycles. The van der Waals surface area contributed by atoms with Crippen LogP contribution in [0.15, 0.2) is 54.7 Å². The van der Waals surface area contributed by atoms with Gasteiger partial charge in [0.1, 0.15) is 5.75 Å². The van der Waals surface area contributed by atoms with E-state index in [-0.39, 0.29) is 38.3 Å². The first-order valence-corrected chi connectivity index (χ1v) is 11.9. The zero-order chi connectivity index (χ0) is 26.9. The maximum absolute atomic E-state index is 12.6. The van der Waals surface area contributed by atoms with Crippen LogP contribution in [0.3, 0.4) is 0 Å². The zero-order valence-electron chi connectivity index (χ0n) is 20.8. The Labute approximate surface area is 210 Å². The molecule has 6 nitrogen and oxygen atoms in total. The molecular formula is C27H35F3N2O4. The Morgan fingerprint density at radius 1 is 1.22 bits per heavy atom. The van der Waals surface area contributed by atoms with E-state index < -0.39 is 30.1 Å². The van der Waals surface area contributed by atoms with Crippen molar-refractivity contribution in [1.82, 2.24) is 10.6 Å². The van der Waals surface area contributed by atoms with Gasteiger partial charge in [-0.2, -0.15) is 13.2 Å². The maximum atomic E-state index is 12.6. The van der Waals surface area contributed by atoms with Gasteiger partial charge >= 0.3 is 6.18 Å². The van der Waals surface area contributed by atoms with Crippen molar-refractivity contribution in [2.24, 2.45) is 5.92 Å². The fourth-order valence-corrected chi connectivity index (χ4v) is 3.98. The Hall–Kier alpha value is -3.07. The Bertz CT molecular complexity index is 988. The molecule has 0 bridgehead atoms. The van der Waals surface area contributed by atoms with Crippen molar-refractivity contribution < 1.29 is 32.6 Å². The Morgan fingerprint density at radius 3 is 2.58 bits per heavy atom. The predicted octanol–water partition coefficient (Wildman–Crippen LogP) is 4.46. The summed E-state index contributed by atoms with van der Waals surface area (Å²) >= 11 is 0. The molecule has 0 saturated heterocycles. The van der Waals surface area contributed by atoms with E-state index in [4.69, 9.17) is 4.74 Å². The van der Waals surface area contributed by atoms with E-state index in [0.717, 1.165) is 16.7 Å². The second-order valence-electron chi connectivity index (χ2n) is 9.25. The lowest BCUT2D eigenvalue weighted by atomic mass is 9.81. The standard InChI is InChI=1S/C27H35F3N2O4/c1-5-22(32-26(35)16-36-24-9-7-17(2)19(4)10-24)12-23(33)13-25(34)31-15-21-11-20(8-6-18(21)3)14-27(28,29)30/h5,7,9-10,14,21-23,33H,1,3,6,8,11-13,15-16H2,2,4H3,(H,31,34)(H,32,35)/b20-14+. The summed E-state index contributed by atoms with van der Waals surface area (Å²) in [6.07, 6.45) is -2.82. The summed E-state index contributed by atoms with van der Waals surface area (Å²) in [7, 11) is 0. The maximum Gasteiger partial charge on any atom is 0.409 e. The first-order chi connectivity index (χ1) is 16.9. The average molecular weight is 509 g/mol. The minimum absolute atomic E-state index is 0.0703. The number of aryl methyl sites for hydroxylation is 2. The number of alkyl halides is 3. The van der Waals surface area contributed by atoms with Crippen LogP contribution in [0.25, 0.3) is 0 Å². The molecule has 198 valence electrons. The second-order valence-corrected chi connectivity index (χ2v) is 9.25. The highest BCUT2D eigenvalue weighted by atomic mass is 19.4. The van der Waals surface area contributed by atoms with Crippen LogP contribution in [-0.2, 0) is 9.59 Å². The fourth-order valence-electron chi connectivity index (χ4n) is 3.98. The number of hydrogen-bond donors (Lipinski definition) is 3. The summed E-state index contributed by atoms with van der Waals surface area (Å²) in [5.74, 6) is -0.546. The lowest BCUT2D eigenvalue weighted by molar-refractivity contribution is -0.123. The molecule has 0 spiro atoms. The number of rotatable bonds is 11. The summed E-state index contributed by atoms with van der Waals surface area (Å²) in [5.41, 5.74) is 3.25. The SMILES string of the molecule is C=CC(CC(O)CC(=O)NCC1C/C(=C/C(F)(F)F)CCC1=C)NC(=O)COc1ccc(C)c(C)c1. The number of aliphatic hydroxyl groups excluding tert-OH is 1. The molecule has 2 amide bonds. The van der Waals surface area contributed by atoms with E-state index in [9.17, 15) is 27.9 Å². The molecule has 1 saturated carbocycles. The van der Waals surface area contributed by atoms with Crippen molar-refractivity contribution in [3.63, 3.8) is 0 Å². The first-order valence-electron chi connectivity index (χ1n) is 11.9. The largest absolute Gasteiger partial charge is 0.484 e. The molecule has 1 aliphatic carbocycles. The lowest BCUT2D eigenvalue weighted by Crippen LogP contribution is -2.40. The van der Waals surface area contributed by atoms with Gasteiger partial charge < -0.3 is 20.5 Å². The van der Waals surface area contributed by atoms with Gasteiger partial charge in [-0.05, 0) is 62.8 Å². The Balaban J connectivity index is 1.75. The smallest absolute Gasteiger partial charge is 0.409 e. The molecule has 3 unspecified atom stereocenters. The number of carbonyl (C=O) groups is 2. The van der Waals surface area contributed by atoms with Crippen molar-refractivity contribution in [2.45, 2.75) is 64.3 Å². The summed E-state index contributed by atoms with van der Waals surface area (Å²) in [5, 5.41) is 15.7. The summed E-state index contributed by atoms with van der Waals surface area (Å²) in [6.45, 7) is 11.4. The van der Waals surface area contributed by atoms with Crippen LogP contribution in [-0.4, -0.2) is 48.4 Å². The van der Waals surface area contributed by atoms with Crippen LogP contribution < -0.4 is 15.4 Å². The number of amides is 2.